The van der Waals surface area contributed by atoms with Crippen molar-refractivity contribution in [2.45, 2.75) is 0 Å². The molecular formula is C18H15N3O4. The van der Waals surface area contributed by atoms with Gasteiger partial charge >= 0.3 is 5.97 Å². The number of hydrogen-bond donors (Lipinski definition) is 0. The van der Waals surface area contributed by atoms with Crippen LogP contribution < -0.4 is 4.90 Å². The summed E-state index contributed by atoms with van der Waals surface area (Å²) in [7, 11) is 2.89. The summed E-state index contributed by atoms with van der Waals surface area (Å²) in [6, 6.07) is 15.4. The molecule has 0 unspecified atom stereocenters. The van der Waals surface area contributed by atoms with Crippen LogP contribution in [0.3, 0.4) is 0 Å². The average Bonchev–Trinajstić information content (AvgIpc) is 2.65. The topological polar surface area (TPSA) is 96.5 Å². The van der Waals surface area contributed by atoms with E-state index in [0.29, 0.717) is 11.3 Å². The quantitative estimate of drug-likeness (QED) is 0.272. The number of ether oxygens (including phenoxy) is 1. The predicted molar refractivity (Wildman–Crippen MR) is 93.2 cm³/mol. The molecule has 2 rings (SSSR count). The van der Waals surface area contributed by atoms with Crippen LogP contribution in [0, 0.1) is 21.4 Å². The highest BCUT2D eigenvalue weighted by Gasteiger charge is 2.19. The summed E-state index contributed by atoms with van der Waals surface area (Å²) in [6.45, 7) is 0. The Morgan fingerprint density at radius 2 is 1.96 bits per heavy atom. The van der Waals surface area contributed by atoms with Gasteiger partial charge in [-0.25, -0.2) is 4.79 Å². The number of nitriles is 1. The fraction of sp³-hybridized carbons (Fsp3) is 0.111. The number of esters is 1. The van der Waals surface area contributed by atoms with E-state index in [1.807, 2.05) is 30.3 Å². The van der Waals surface area contributed by atoms with Gasteiger partial charge in [0.2, 0.25) is 0 Å². The fourth-order valence-electron chi connectivity index (χ4n) is 2.26. The molecule has 0 N–H and O–H groups in total. The highest BCUT2D eigenvalue weighted by molar-refractivity contribution is 5.98. The Bertz CT molecular complexity index is 870. The molecule has 0 aliphatic carbocycles. The van der Waals surface area contributed by atoms with Crippen LogP contribution in [0.25, 0.3) is 6.08 Å². The lowest BCUT2D eigenvalue weighted by Gasteiger charge is -2.19. The molecular weight excluding hydrogens is 322 g/mol. The Morgan fingerprint density at radius 3 is 2.52 bits per heavy atom. The van der Waals surface area contributed by atoms with Gasteiger partial charge in [-0.05, 0) is 29.8 Å². The molecule has 0 atom stereocenters. The van der Waals surface area contributed by atoms with Crippen molar-refractivity contribution in [3.63, 3.8) is 0 Å². The molecule has 0 aliphatic heterocycles. The van der Waals surface area contributed by atoms with Crippen LogP contribution >= 0.6 is 0 Å². The van der Waals surface area contributed by atoms with E-state index in [1.165, 1.54) is 12.1 Å². The average molecular weight is 337 g/mol. The number of methoxy groups -OCH3 is 1. The van der Waals surface area contributed by atoms with E-state index < -0.39 is 10.9 Å². The Labute approximate surface area is 144 Å². The van der Waals surface area contributed by atoms with Crippen molar-refractivity contribution in [1.29, 1.82) is 5.26 Å². The van der Waals surface area contributed by atoms with Crippen molar-refractivity contribution < 1.29 is 14.5 Å². The third-order valence-electron chi connectivity index (χ3n) is 3.54. The van der Waals surface area contributed by atoms with Gasteiger partial charge in [-0.15, -0.1) is 0 Å². The minimum Gasteiger partial charge on any atom is -0.465 e. The Hall–Kier alpha value is -3.66. The van der Waals surface area contributed by atoms with Crippen LogP contribution in [0.2, 0.25) is 0 Å². The summed E-state index contributed by atoms with van der Waals surface area (Å²) < 4.78 is 4.50. The molecule has 2 aromatic rings. The Kier molecular flexibility index (Phi) is 5.48. The highest BCUT2D eigenvalue weighted by Crippen LogP contribution is 2.33. The minimum atomic E-state index is -0.796. The summed E-state index contributed by atoms with van der Waals surface area (Å²) in [6.07, 6.45) is 1.26. The van der Waals surface area contributed by atoms with Crippen LogP contribution in [0.15, 0.2) is 54.1 Å². The number of benzene rings is 2. The highest BCUT2D eigenvalue weighted by atomic mass is 16.6. The van der Waals surface area contributed by atoms with Crippen molar-refractivity contribution in [2.75, 3.05) is 19.1 Å². The molecule has 7 heteroatoms. The second kappa shape index (κ2) is 7.75. The first kappa shape index (κ1) is 17.7. The predicted octanol–water partition coefficient (Wildman–Crippen LogP) is 3.44. The third kappa shape index (κ3) is 4.00. The number of nitrogens with zero attached hydrogens (tertiary/aromatic N) is 3. The normalized spacial score (nSPS) is 10.7. The number of carbonyl (C=O) groups is 1. The zero-order chi connectivity index (χ0) is 18.4. The molecule has 0 spiro atoms. The second-order valence-electron chi connectivity index (χ2n) is 5.06. The van der Waals surface area contributed by atoms with Gasteiger partial charge in [0.25, 0.3) is 5.69 Å². The SMILES string of the molecule is COC(=O)/C(C#N)=C\c1ccc(N(C)c2ccccc2)c([N+](=O)[O-])c1. The molecule has 0 bridgehead atoms. The van der Waals surface area contributed by atoms with E-state index in [2.05, 4.69) is 4.74 Å². The lowest BCUT2D eigenvalue weighted by atomic mass is 10.1. The number of nitro groups is 1. The smallest absolute Gasteiger partial charge is 0.348 e. The maximum absolute atomic E-state index is 11.5. The van der Waals surface area contributed by atoms with E-state index in [4.69, 9.17) is 5.26 Å². The molecule has 126 valence electrons. The standard InChI is InChI=1S/C18H15N3O4/c1-20(15-6-4-3-5-7-15)16-9-8-13(11-17(16)21(23)24)10-14(12-19)18(22)25-2/h3-11H,1-2H3/b14-10-. The molecule has 0 aliphatic rings. The number of rotatable bonds is 5. The number of para-hydroxylation sites is 1. The molecule has 0 saturated carbocycles. The van der Waals surface area contributed by atoms with E-state index in [9.17, 15) is 14.9 Å². The number of nitro benzene ring substituents is 1. The van der Waals surface area contributed by atoms with Crippen LogP contribution in [0.4, 0.5) is 17.1 Å². The Morgan fingerprint density at radius 1 is 1.28 bits per heavy atom. The van der Waals surface area contributed by atoms with E-state index in [0.717, 1.165) is 12.8 Å². The Balaban J connectivity index is 2.49. The first-order valence-corrected chi connectivity index (χ1v) is 7.25. The van der Waals surface area contributed by atoms with Crippen LogP contribution in [-0.4, -0.2) is 25.1 Å². The van der Waals surface area contributed by atoms with Gasteiger partial charge in [0.15, 0.2) is 0 Å². The monoisotopic (exact) mass is 337 g/mol. The maximum Gasteiger partial charge on any atom is 0.348 e. The largest absolute Gasteiger partial charge is 0.465 e. The summed E-state index contributed by atoms with van der Waals surface area (Å²) in [4.78, 5) is 24.1. The van der Waals surface area contributed by atoms with Gasteiger partial charge in [-0.3, -0.25) is 10.1 Å². The molecule has 0 aromatic heterocycles. The van der Waals surface area contributed by atoms with Crippen molar-refractivity contribution in [2.24, 2.45) is 0 Å². The number of hydrogen-bond acceptors (Lipinski definition) is 6. The molecule has 0 radical (unpaired) electrons. The van der Waals surface area contributed by atoms with Gasteiger partial charge in [0.05, 0.1) is 12.0 Å². The van der Waals surface area contributed by atoms with E-state index in [1.54, 1.807) is 30.1 Å². The van der Waals surface area contributed by atoms with Crippen molar-refractivity contribution >= 4 is 29.1 Å². The van der Waals surface area contributed by atoms with E-state index >= 15 is 0 Å². The van der Waals surface area contributed by atoms with Gasteiger partial charge in [-0.2, -0.15) is 5.26 Å². The second-order valence-corrected chi connectivity index (χ2v) is 5.06. The first-order valence-electron chi connectivity index (χ1n) is 7.25. The lowest BCUT2D eigenvalue weighted by Crippen LogP contribution is -2.11. The molecule has 0 fully saturated rings. The van der Waals surface area contributed by atoms with Gasteiger partial charge in [0, 0.05) is 18.8 Å². The van der Waals surface area contributed by atoms with Gasteiger partial charge in [0.1, 0.15) is 17.3 Å². The van der Waals surface area contributed by atoms with Crippen molar-refractivity contribution in [3.8, 4) is 6.07 Å². The third-order valence-corrected chi connectivity index (χ3v) is 3.54. The molecule has 0 heterocycles. The molecule has 0 saturated heterocycles. The van der Waals surface area contributed by atoms with Crippen molar-refractivity contribution in [3.05, 3.63) is 69.8 Å². The summed E-state index contributed by atoms with van der Waals surface area (Å²) in [5.74, 6) is -0.796. The minimum absolute atomic E-state index is 0.137. The number of carbonyl (C=O) groups excluding carboxylic acids is 1. The molecule has 7 nitrogen and oxygen atoms in total. The summed E-state index contributed by atoms with van der Waals surface area (Å²) in [5, 5.41) is 20.5. The zero-order valence-corrected chi connectivity index (χ0v) is 13.7. The summed E-state index contributed by atoms with van der Waals surface area (Å²) >= 11 is 0. The summed E-state index contributed by atoms with van der Waals surface area (Å²) in [5.41, 5.74) is 1.17. The van der Waals surface area contributed by atoms with Crippen LogP contribution in [-0.2, 0) is 9.53 Å². The maximum atomic E-state index is 11.5. The molecule has 2 aromatic carbocycles. The lowest BCUT2D eigenvalue weighted by molar-refractivity contribution is -0.384. The fourth-order valence-corrected chi connectivity index (χ4v) is 2.26. The molecule has 25 heavy (non-hydrogen) atoms. The van der Waals surface area contributed by atoms with Gasteiger partial charge < -0.3 is 9.64 Å². The van der Waals surface area contributed by atoms with E-state index in [-0.39, 0.29) is 11.3 Å². The van der Waals surface area contributed by atoms with Crippen LogP contribution in [0.5, 0.6) is 0 Å². The van der Waals surface area contributed by atoms with Crippen LogP contribution in [0.1, 0.15) is 5.56 Å². The number of anilines is 2. The zero-order valence-electron chi connectivity index (χ0n) is 13.7. The van der Waals surface area contributed by atoms with Gasteiger partial charge in [-0.1, -0.05) is 24.3 Å². The first-order chi connectivity index (χ1) is 12.0. The van der Waals surface area contributed by atoms with Crippen molar-refractivity contribution in [1.82, 2.24) is 0 Å². The molecule has 0 amide bonds.